The Hall–Kier alpha value is 0.627. The zero-order chi connectivity index (χ0) is 21.1. The molecule has 2 aliphatic rings. The predicted octanol–water partition coefficient (Wildman–Crippen LogP) is 9.02. The molecular formula is C26H48Cl2HfSi. The molecule has 0 spiro atoms. The van der Waals surface area contributed by atoms with Crippen LogP contribution in [0.4, 0.5) is 0 Å². The smallest absolute Gasteiger partial charge is 0.147 e. The molecule has 0 radical (unpaired) electrons. The third kappa shape index (κ3) is 6.81. The van der Waals surface area contributed by atoms with Crippen LogP contribution < -0.4 is 0 Å². The molecule has 0 unspecified atom stereocenters. The molecule has 4 heteroatoms. The SMILES string of the molecule is CCCCC1=CC(C(C)C)=[C]([Hf]([CH3])([CH3])(=[SiH2])[C]2=C(C(C)C)C=C(CCCC)C2)C1.Cl.Cl. The second kappa shape index (κ2) is 12.2. The average Bonchev–Trinajstić information content (AvgIpc) is 3.23. The molecule has 0 aromatic carbocycles. The van der Waals surface area contributed by atoms with Gasteiger partial charge in [0.25, 0.3) is 0 Å². The first-order chi connectivity index (χ1) is 13.0. The zero-order valence-corrected chi connectivity index (χ0v) is 27.6. The zero-order valence-electron chi connectivity index (χ0n) is 21.0. The summed E-state index contributed by atoms with van der Waals surface area (Å²) in [7, 11) is 0. The van der Waals surface area contributed by atoms with E-state index < -0.39 is 17.1 Å². The maximum Gasteiger partial charge on any atom is -0.147 e. The summed E-state index contributed by atoms with van der Waals surface area (Å²) in [4.78, 5) is 0. The topological polar surface area (TPSA) is 0 Å². The second-order valence-corrected chi connectivity index (χ2v) is 52.0. The molecule has 0 aromatic rings. The number of unbranched alkanes of at least 4 members (excludes halogenated alkanes) is 2. The van der Waals surface area contributed by atoms with Crippen LogP contribution >= 0.6 is 24.8 Å². The van der Waals surface area contributed by atoms with Gasteiger partial charge in [0.15, 0.2) is 0 Å². The quantitative estimate of drug-likeness (QED) is 0.210. The van der Waals surface area contributed by atoms with Crippen LogP contribution in [0.1, 0.15) is 92.9 Å². The minimum Gasteiger partial charge on any atom is -0.147 e. The standard InChI is InChI=1S/2C12H19.2CH3.2ClH.Hf.H2Si/c2*1-4-5-6-11-7-8-12(9-11)10(2)3;;;;;;/h2*9-10H,4-7H2,1-3H3;2*1H3;2*1H;;1H2. The van der Waals surface area contributed by atoms with Crippen molar-refractivity contribution in [2.24, 2.45) is 11.8 Å². The van der Waals surface area contributed by atoms with Crippen molar-refractivity contribution in [3.8, 4) is 0 Å². The van der Waals surface area contributed by atoms with E-state index in [-0.39, 0.29) is 24.8 Å². The minimum atomic E-state index is -3.29. The Morgan fingerprint density at radius 2 is 1.10 bits per heavy atom. The Labute approximate surface area is 202 Å². The first kappa shape index (κ1) is 30.6. The number of halogens is 2. The minimum absolute atomic E-state index is 0. The molecule has 0 saturated carbocycles. The number of hydrogen-bond donors (Lipinski definition) is 0. The second-order valence-electron chi connectivity index (χ2n) is 11.0. The summed E-state index contributed by atoms with van der Waals surface area (Å²) in [5, 5.41) is 0. The summed E-state index contributed by atoms with van der Waals surface area (Å²) < 4.78 is 9.38. The van der Waals surface area contributed by atoms with Crippen molar-refractivity contribution in [2.45, 2.75) is 102 Å². The van der Waals surface area contributed by atoms with Gasteiger partial charge in [-0.1, -0.05) is 0 Å². The first-order valence-corrected chi connectivity index (χ1v) is 31.0. The van der Waals surface area contributed by atoms with Crippen LogP contribution in [0.5, 0.6) is 0 Å². The molecule has 0 amide bonds. The van der Waals surface area contributed by atoms with Crippen molar-refractivity contribution in [3.05, 3.63) is 41.1 Å². The Bertz CT molecular complexity index is 728. The van der Waals surface area contributed by atoms with Crippen molar-refractivity contribution >= 4 is 31.8 Å². The Morgan fingerprint density at radius 3 is 1.37 bits per heavy atom. The van der Waals surface area contributed by atoms with Crippen LogP contribution in [0.3, 0.4) is 0 Å². The molecule has 0 aliphatic heterocycles. The average molecular weight is 638 g/mol. The Kier molecular flexibility index (Phi) is 12.4. The van der Waals surface area contributed by atoms with E-state index in [9.17, 15) is 0 Å². The van der Waals surface area contributed by atoms with Gasteiger partial charge in [0.2, 0.25) is 0 Å². The molecule has 0 nitrogen and oxygen atoms in total. The molecule has 2 rings (SSSR count). The molecule has 174 valence electrons. The maximum atomic E-state index is 2.76. The number of allylic oxidation sites excluding steroid dienone is 8. The molecule has 0 heterocycles. The Morgan fingerprint density at radius 1 is 0.767 bits per heavy atom. The molecule has 0 saturated heterocycles. The molecule has 0 N–H and O–H groups in total. The largest absolute Gasteiger partial charge is 0.147 e. The summed E-state index contributed by atoms with van der Waals surface area (Å²) >= 11 is -3.29. The molecule has 0 aromatic heterocycles. The van der Waals surface area contributed by atoms with Crippen LogP contribution in [0.25, 0.3) is 0 Å². The van der Waals surface area contributed by atoms with Gasteiger partial charge in [0.1, 0.15) is 0 Å². The predicted molar refractivity (Wildman–Crippen MR) is 143 cm³/mol. The van der Waals surface area contributed by atoms with Crippen molar-refractivity contribution in [3.63, 3.8) is 0 Å². The fraction of sp³-hybridized carbons (Fsp3) is 0.692. The van der Waals surface area contributed by atoms with Crippen LogP contribution in [-0.4, -0.2) is 6.94 Å². The maximum absolute atomic E-state index is 3.29. The summed E-state index contributed by atoms with van der Waals surface area (Å²) in [6.45, 7) is 16.8. The van der Waals surface area contributed by atoms with Gasteiger partial charge in [-0.15, -0.1) is 24.8 Å². The van der Waals surface area contributed by atoms with Crippen molar-refractivity contribution in [1.82, 2.24) is 0 Å². The summed E-state index contributed by atoms with van der Waals surface area (Å²) in [5.41, 5.74) is 6.89. The summed E-state index contributed by atoms with van der Waals surface area (Å²) in [6, 6.07) is 0. The van der Waals surface area contributed by atoms with E-state index in [1.54, 1.807) is 22.3 Å². The van der Waals surface area contributed by atoms with Gasteiger partial charge in [-0.2, -0.15) is 0 Å². The fourth-order valence-electron chi connectivity index (χ4n) is 5.21. The fourth-order valence-corrected chi connectivity index (χ4v) is 26.9. The number of hydrogen-bond acceptors (Lipinski definition) is 0. The van der Waals surface area contributed by atoms with Crippen LogP contribution in [0, 0.1) is 11.8 Å². The molecular weight excluding hydrogens is 590 g/mol. The van der Waals surface area contributed by atoms with Gasteiger partial charge >= 0.3 is 179 Å². The van der Waals surface area contributed by atoms with Crippen molar-refractivity contribution in [2.75, 3.05) is 0 Å². The molecule has 0 atom stereocenters. The molecule has 0 bridgehead atoms. The van der Waals surface area contributed by atoms with E-state index in [2.05, 4.69) is 70.0 Å². The Balaban J connectivity index is 0.00000420. The molecule has 30 heavy (non-hydrogen) atoms. The van der Waals surface area contributed by atoms with Crippen molar-refractivity contribution < 1.29 is 17.1 Å². The summed E-state index contributed by atoms with van der Waals surface area (Å²) in [6.07, 6.45) is 15.8. The normalized spacial score (nSPS) is 17.4. The monoisotopic (exact) mass is 638 g/mol. The van der Waals surface area contributed by atoms with E-state index in [1.165, 1.54) is 51.4 Å². The van der Waals surface area contributed by atoms with E-state index in [0.29, 0.717) is 11.8 Å². The van der Waals surface area contributed by atoms with Crippen LogP contribution in [0.2, 0.25) is 9.36 Å². The van der Waals surface area contributed by atoms with Crippen molar-refractivity contribution in [1.29, 1.82) is 0 Å². The van der Waals surface area contributed by atoms with Crippen LogP contribution in [-0.2, 0) is 17.1 Å². The van der Waals surface area contributed by atoms with Gasteiger partial charge < -0.3 is 0 Å². The van der Waals surface area contributed by atoms with Gasteiger partial charge in [0.05, 0.1) is 0 Å². The summed E-state index contributed by atoms with van der Waals surface area (Å²) in [5.74, 6) is 1.32. The van der Waals surface area contributed by atoms with E-state index in [4.69, 9.17) is 0 Å². The molecule has 2 aliphatic carbocycles. The van der Waals surface area contributed by atoms with Gasteiger partial charge in [-0.05, 0) is 0 Å². The third-order valence-corrected chi connectivity index (χ3v) is 31.3. The third-order valence-electron chi connectivity index (χ3n) is 7.11. The van der Waals surface area contributed by atoms with E-state index in [0.717, 1.165) is 0 Å². The first-order valence-electron chi connectivity index (χ1n) is 11.9. The molecule has 0 fully saturated rings. The van der Waals surface area contributed by atoms with Gasteiger partial charge in [0, 0.05) is 0 Å². The number of rotatable bonds is 10. The van der Waals surface area contributed by atoms with E-state index in [1.807, 2.05) is 6.66 Å². The van der Waals surface area contributed by atoms with E-state index >= 15 is 0 Å². The van der Waals surface area contributed by atoms with Crippen LogP contribution in [0.15, 0.2) is 41.1 Å². The van der Waals surface area contributed by atoms with Gasteiger partial charge in [-0.25, -0.2) is 0 Å². The van der Waals surface area contributed by atoms with Gasteiger partial charge in [-0.3, -0.25) is 0 Å².